The molecule has 0 fully saturated rings. The van der Waals surface area contributed by atoms with Gasteiger partial charge in [-0.05, 0) is 53.9 Å². The zero-order valence-corrected chi connectivity index (χ0v) is 18.5. The number of para-hydroxylation sites is 1. The van der Waals surface area contributed by atoms with E-state index in [-0.39, 0.29) is 17.7 Å². The summed E-state index contributed by atoms with van der Waals surface area (Å²) in [6, 6.07) is 19.9. The van der Waals surface area contributed by atoms with Crippen molar-refractivity contribution in [1.29, 1.82) is 0 Å². The fraction of sp³-hybridized carbons (Fsp3) is 0.167. The first-order valence-electron chi connectivity index (χ1n) is 10.3. The quantitative estimate of drug-likeness (QED) is 0.560. The van der Waals surface area contributed by atoms with E-state index in [1.54, 1.807) is 35.3 Å². The van der Waals surface area contributed by atoms with Crippen LogP contribution < -0.4 is 15.4 Å². The number of hydrazone groups is 1. The molecule has 2 heterocycles. The normalized spacial score (nSPS) is 17.3. The zero-order valence-electron chi connectivity index (χ0n) is 17.0. The molecule has 6 nitrogen and oxygen atoms in total. The maximum Gasteiger partial charge on any atom is 0.286 e. The lowest BCUT2D eigenvalue weighted by molar-refractivity contribution is -0.115. The summed E-state index contributed by atoms with van der Waals surface area (Å²) in [5.41, 5.74) is 7.18. The number of phenolic OH excluding ortho intramolecular Hbond substituents is 1. The summed E-state index contributed by atoms with van der Waals surface area (Å²) in [5.74, 6) is -0.0764. The number of halogens is 2. The van der Waals surface area contributed by atoms with Gasteiger partial charge in [-0.3, -0.25) is 20.2 Å². The highest BCUT2D eigenvalue weighted by atomic mass is 35.5. The maximum absolute atomic E-state index is 13.2. The fourth-order valence-electron chi connectivity index (χ4n) is 4.13. The number of anilines is 2. The van der Waals surface area contributed by atoms with Crippen molar-refractivity contribution in [1.82, 2.24) is 5.43 Å². The molecule has 1 amide bonds. The molecule has 0 unspecified atom stereocenters. The number of hydrogen-bond donors (Lipinski definition) is 2. The molecule has 1 atom stereocenters. The molecule has 8 heteroatoms. The topological polar surface area (TPSA) is 68.2 Å². The first-order chi connectivity index (χ1) is 15.5. The van der Waals surface area contributed by atoms with E-state index in [1.807, 2.05) is 35.3 Å². The van der Waals surface area contributed by atoms with Crippen LogP contribution in [0.3, 0.4) is 0 Å². The van der Waals surface area contributed by atoms with Crippen molar-refractivity contribution >= 4 is 46.2 Å². The van der Waals surface area contributed by atoms with E-state index in [0.717, 1.165) is 17.7 Å². The average Bonchev–Trinajstić information content (AvgIpc) is 3.39. The molecular formula is C24H20Cl2N4O2. The highest BCUT2D eigenvalue weighted by molar-refractivity contribution is 6.40. The molecule has 32 heavy (non-hydrogen) atoms. The minimum atomic E-state index is -0.252. The smallest absolute Gasteiger partial charge is 0.286 e. The van der Waals surface area contributed by atoms with Crippen LogP contribution in [0.15, 0.2) is 71.8 Å². The summed E-state index contributed by atoms with van der Waals surface area (Å²) in [6.45, 7) is 0.715. The number of nitrogens with zero attached hydrogens (tertiary/aromatic N) is 3. The van der Waals surface area contributed by atoms with E-state index in [0.29, 0.717) is 34.4 Å². The van der Waals surface area contributed by atoms with Crippen LogP contribution in [0.1, 0.15) is 23.6 Å². The van der Waals surface area contributed by atoms with Crippen LogP contribution in [0.25, 0.3) is 0 Å². The van der Waals surface area contributed by atoms with Gasteiger partial charge in [-0.1, -0.05) is 53.5 Å². The van der Waals surface area contributed by atoms with Gasteiger partial charge in [-0.25, -0.2) is 0 Å². The van der Waals surface area contributed by atoms with Gasteiger partial charge < -0.3 is 5.11 Å². The molecule has 0 spiro atoms. The molecule has 0 aliphatic carbocycles. The van der Waals surface area contributed by atoms with Crippen molar-refractivity contribution in [2.24, 2.45) is 5.10 Å². The van der Waals surface area contributed by atoms with E-state index >= 15 is 0 Å². The third-order valence-electron chi connectivity index (χ3n) is 5.73. The Morgan fingerprint density at radius 1 is 1.03 bits per heavy atom. The predicted molar refractivity (Wildman–Crippen MR) is 127 cm³/mol. The van der Waals surface area contributed by atoms with Crippen LogP contribution in [0.4, 0.5) is 11.4 Å². The Morgan fingerprint density at radius 2 is 1.81 bits per heavy atom. The Bertz CT molecular complexity index is 1210. The fourth-order valence-corrected chi connectivity index (χ4v) is 4.63. The first-order valence-corrected chi connectivity index (χ1v) is 11.0. The Hall–Kier alpha value is -3.22. The van der Waals surface area contributed by atoms with Crippen molar-refractivity contribution in [3.63, 3.8) is 0 Å². The highest BCUT2D eigenvalue weighted by Crippen LogP contribution is 2.40. The van der Waals surface area contributed by atoms with E-state index in [2.05, 4.69) is 16.6 Å². The molecule has 2 aliphatic rings. The SMILES string of the molecule is O=C(NN1CCc2ccccc21)C1=NN(c2ccc(Cl)cc2Cl)[C@H](c2ccc(O)cc2)C1. The van der Waals surface area contributed by atoms with Gasteiger partial charge in [-0.2, -0.15) is 5.10 Å². The number of fused-ring (bicyclic) bond motifs is 1. The van der Waals surface area contributed by atoms with Crippen LogP contribution >= 0.6 is 23.2 Å². The third-order valence-corrected chi connectivity index (χ3v) is 6.27. The van der Waals surface area contributed by atoms with Crippen molar-refractivity contribution in [3.05, 3.63) is 87.9 Å². The summed E-state index contributed by atoms with van der Waals surface area (Å²) in [7, 11) is 0. The largest absolute Gasteiger partial charge is 0.508 e. The molecule has 2 N–H and O–H groups in total. The number of phenols is 1. The molecule has 0 radical (unpaired) electrons. The molecule has 2 aliphatic heterocycles. The molecule has 0 aromatic heterocycles. The van der Waals surface area contributed by atoms with Gasteiger partial charge in [0.1, 0.15) is 11.5 Å². The summed E-state index contributed by atoms with van der Waals surface area (Å²) in [5, 5.41) is 18.9. The molecular weight excluding hydrogens is 447 g/mol. The Kier molecular flexibility index (Phi) is 5.41. The number of carbonyl (C=O) groups excluding carboxylic acids is 1. The molecule has 0 saturated heterocycles. The minimum Gasteiger partial charge on any atom is -0.508 e. The van der Waals surface area contributed by atoms with Crippen LogP contribution in [0.2, 0.25) is 10.0 Å². The number of hydrogen-bond acceptors (Lipinski definition) is 5. The second kappa shape index (κ2) is 8.37. The van der Waals surface area contributed by atoms with E-state index in [9.17, 15) is 9.90 Å². The second-order valence-corrected chi connectivity index (χ2v) is 8.61. The van der Waals surface area contributed by atoms with Crippen LogP contribution in [-0.2, 0) is 11.2 Å². The lowest BCUT2D eigenvalue weighted by atomic mass is 10.0. The first kappa shape index (κ1) is 20.7. The lowest BCUT2D eigenvalue weighted by Crippen LogP contribution is -2.44. The van der Waals surface area contributed by atoms with E-state index in [4.69, 9.17) is 23.2 Å². The minimum absolute atomic E-state index is 0.175. The Labute approximate surface area is 195 Å². The van der Waals surface area contributed by atoms with Crippen molar-refractivity contribution in [2.75, 3.05) is 16.6 Å². The van der Waals surface area contributed by atoms with Crippen molar-refractivity contribution < 1.29 is 9.90 Å². The Balaban J connectivity index is 1.44. The maximum atomic E-state index is 13.2. The van der Waals surface area contributed by atoms with Gasteiger partial charge in [0.2, 0.25) is 0 Å². The van der Waals surface area contributed by atoms with Gasteiger partial charge >= 0.3 is 0 Å². The summed E-state index contributed by atoms with van der Waals surface area (Å²) >= 11 is 12.5. The number of hydrazine groups is 1. The summed E-state index contributed by atoms with van der Waals surface area (Å²) in [4.78, 5) is 13.2. The van der Waals surface area contributed by atoms with Crippen LogP contribution in [0, 0.1) is 0 Å². The zero-order chi connectivity index (χ0) is 22.2. The average molecular weight is 467 g/mol. The number of benzene rings is 3. The number of nitrogens with one attached hydrogen (secondary N) is 1. The molecule has 3 aromatic rings. The monoisotopic (exact) mass is 466 g/mol. The van der Waals surface area contributed by atoms with Crippen molar-refractivity contribution in [3.8, 4) is 5.75 Å². The van der Waals surface area contributed by atoms with Crippen LogP contribution in [0.5, 0.6) is 5.75 Å². The number of aromatic hydroxyl groups is 1. The van der Waals surface area contributed by atoms with Gasteiger partial charge in [0, 0.05) is 18.0 Å². The van der Waals surface area contributed by atoms with Crippen molar-refractivity contribution in [2.45, 2.75) is 18.9 Å². The summed E-state index contributed by atoms with van der Waals surface area (Å²) in [6.07, 6.45) is 1.27. The van der Waals surface area contributed by atoms with E-state index < -0.39 is 0 Å². The van der Waals surface area contributed by atoms with Gasteiger partial charge in [-0.15, -0.1) is 0 Å². The standard InChI is InChI=1S/C24H20Cl2N4O2/c25-17-7-10-22(19(26)13-17)30-23(16-5-8-18(31)9-6-16)14-20(27-30)24(32)28-29-12-11-15-3-1-2-4-21(15)29/h1-10,13,23,31H,11-12,14H2,(H,28,32)/t23-/m0/s1. The second-order valence-electron chi connectivity index (χ2n) is 7.77. The van der Waals surface area contributed by atoms with Crippen LogP contribution in [-0.4, -0.2) is 23.3 Å². The number of rotatable bonds is 4. The third kappa shape index (κ3) is 3.87. The van der Waals surface area contributed by atoms with Gasteiger partial charge in [0.05, 0.1) is 22.4 Å². The van der Waals surface area contributed by atoms with E-state index in [1.165, 1.54) is 5.56 Å². The molecule has 162 valence electrons. The molecule has 0 bridgehead atoms. The molecule has 3 aromatic carbocycles. The number of carbonyl (C=O) groups is 1. The Morgan fingerprint density at radius 3 is 2.59 bits per heavy atom. The summed E-state index contributed by atoms with van der Waals surface area (Å²) < 4.78 is 0. The van der Waals surface area contributed by atoms with Gasteiger partial charge in [0.15, 0.2) is 0 Å². The highest BCUT2D eigenvalue weighted by Gasteiger charge is 2.34. The molecule has 5 rings (SSSR count). The molecule has 0 saturated carbocycles. The van der Waals surface area contributed by atoms with Gasteiger partial charge in [0.25, 0.3) is 5.91 Å². The number of amides is 1. The predicted octanol–water partition coefficient (Wildman–Crippen LogP) is 5.10. The lowest BCUT2D eigenvalue weighted by Gasteiger charge is -2.25.